The van der Waals surface area contributed by atoms with E-state index in [9.17, 15) is 9.59 Å². The van der Waals surface area contributed by atoms with Crippen LogP contribution in [-0.2, 0) is 6.54 Å². The molecule has 0 bridgehead atoms. The van der Waals surface area contributed by atoms with Crippen molar-refractivity contribution in [2.24, 2.45) is 0 Å². The molecule has 8 heteroatoms. The van der Waals surface area contributed by atoms with Crippen molar-refractivity contribution >= 4 is 40.8 Å². The molecule has 0 atom stereocenters. The number of benzene rings is 2. The number of urea groups is 1. The predicted molar refractivity (Wildman–Crippen MR) is 103 cm³/mol. The van der Waals surface area contributed by atoms with E-state index in [4.69, 9.17) is 27.9 Å². The highest BCUT2D eigenvalue weighted by Crippen LogP contribution is 2.26. The Morgan fingerprint density at radius 2 is 1.85 bits per heavy atom. The Labute approximate surface area is 162 Å². The van der Waals surface area contributed by atoms with Gasteiger partial charge in [-0.15, -0.1) is 0 Å². The molecule has 2 rings (SSSR count). The largest absolute Gasteiger partial charge is 0.495 e. The molecule has 0 radical (unpaired) electrons. The first kappa shape index (κ1) is 19.9. The van der Waals surface area contributed by atoms with Crippen LogP contribution in [0.2, 0.25) is 10.0 Å². The number of hydrogen-bond acceptors (Lipinski definition) is 3. The summed E-state index contributed by atoms with van der Waals surface area (Å²) in [5.74, 6) is 0.268. The standard InChI is InChI=1S/C18H19Cl2N3O3/c1-23(2)17(24)11-5-7-16(26-3)15(8-11)22-18(25)21-10-12-4-6-13(19)9-14(12)20/h4-9H,10H2,1-3H3,(H2,21,22,25). The van der Waals surface area contributed by atoms with E-state index in [0.717, 1.165) is 5.56 Å². The number of amides is 3. The smallest absolute Gasteiger partial charge is 0.319 e. The zero-order valence-corrected chi connectivity index (χ0v) is 16.1. The molecule has 0 unspecified atom stereocenters. The van der Waals surface area contributed by atoms with Crippen LogP contribution in [0.15, 0.2) is 36.4 Å². The third-order valence-corrected chi connectivity index (χ3v) is 4.14. The molecule has 0 spiro atoms. The second-order valence-corrected chi connectivity index (χ2v) is 6.50. The molecule has 2 aromatic rings. The van der Waals surface area contributed by atoms with Gasteiger partial charge in [0.1, 0.15) is 5.75 Å². The van der Waals surface area contributed by atoms with Gasteiger partial charge in [0.15, 0.2) is 0 Å². The molecule has 0 aliphatic rings. The Morgan fingerprint density at radius 3 is 2.46 bits per heavy atom. The van der Waals surface area contributed by atoms with Crippen LogP contribution in [0.1, 0.15) is 15.9 Å². The van der Waals surface area contributed by atoms with Crippen molar-refractivity contribution in [3.8, 4) is 5.75 Å². The second kappa shape index (κ2) is 8.78. The molecule has 2 aromatic carbocycles. The van der Waals surface area contributed by atoms with E-state index >= 15 is 0 Å². The van der Waals surface area contributed by atoms with Crippen molar-refractivity contribution in [2.75, 3.05) is 26.5 Å². The van der Waals surface area contributed by atoms with E-state index in [0.29, 0.717) is 27.0 Å². The number of carbonyl (C=O) groups excluding carboxylic acids is 2. The van der Waals surface area contributed by atoms with Crippen molar-refractivity contribution < 1.29 is 14.3 Å². The minimum atomic E-state index is -0.455. The molecule has 0 fully saturated rings. The third kappa shape index (κ3) is 5.03. The molecular weight excluding hydrogens is 377 g/mol. The normalized spacial score (nSPS) is 10.2. The van der Waals surface area contributed by atoms with E-state index in [2.05, 4.69) is 10.6 Å². The zero-order valence-electron chi connectivity index (χ0n) is 14.6. The summed E-state index contributed by atoms with van der Waals surface area (Å²) in [5, 5.41) is 6.37. The van der Waals surface area contributed by atoms with Crippen LogP contribution in [0.3, 0.4) is 0 Å². The minimum Gasteiger partial charge on any atom is -0.495 e. The maximum absolute atomic E-state index is 12.2. The topological polar surface area (TPSA) is 70.7 Å². The number of hydrogen-bond donors (Lipinski definition) is 2. The van der Waals surface area contributed by atoms with Crippen molar-refractivity contribution in [3.63, 3.8) is 0 Å². The highest BCUT2D eigenvalue weighted by atomic mass is 35.5. The summed E-state index contributed by atoms with van der Waals surface area (Å²) in [7, 11) is 4.80. The lowest BCUT2D eigenvalue weighted by atomic mass is 10.1. The molecule has 6 nitrogen and oxygen atoms in total. The first-order chi connectivity index (χ1) is 12.3. The molecule has 2 N–H and O–H groups in total. The number of ether oxygens (including phenoxy) is 1. The van der Waals surface area contributed by atoms with Gasteiger partial charge in [-0.3, -0.25) is 4.79 Å². The van der Waals surface area contributed by atoms with Crippen LogP contribution in [0.25, 0.3) is 0 Å². The molecule has 3 amide bonds. The number of methoxy groups -OCH3 is 1. The quantitative estimate of drug-likeness (QED) is 0.802. The molecule has 26 heavy (non-hydrogen) atoms. The summed E-state index contributed by atoms with van der Waals surface area (Å²) in [6.45, 7) is 0.223. The Morgan fingerprint density at radius 1 is 1.12 bits per heavy atom. The lowest BCUT2D eigenvalue weighted by Gasteiger charge is -2.15. The summed E-state index contributed by atoms with van der Waals surface area (Å²) in [5.41, 5.74) is 1.56. The molecular formula is C18H19Cl2N3O3. The molecule has 0 aliphatic carbocycles. The Bertz CT molecular complexity index is 825. The van der Waals surface area contributed by atoms with Crippen LogP contribution in [-0.4, -0.2) is 38.0 Å². The monoisotopic (exact) mass is 395 g/mol. The average molecular weight is 396 g/mol. The fourth-order valence-corrected chi connectivity index (χ4v) is 2.68. The van der Waals surface area contributed by atoms with Gasteiger partial charge in [0.2, 0.25) is 0 Å². The highest BCUT2D eigenvalue weighted by Gasteiger charge is 2.14. The summed E-state index contributed by atoms with van der Waals surface area (Å²) < 4.78 is 5.23. The number of nitrogens with one attached hydrogen (secondary N) is 2. The van der Waals surface area contributed by atoms with Gasteiger partial charge in [-0.1, -0.05) is 29.3 Å². The highest BCUT2D eigenvalue weighted by molar-refractivity contribution is 6.35. The summed E-state index contributed by atoms with van der Waals surface area (Å²) in [6, 6.07) is 9.42. The number of rotatable bonds is 5. The lowest BCUT2D eigenvalue weighted by molar-refractivity contribution is 0.0827. The molecule has 0 aliphatic heterocycles. The Hall–Kier alpha value is -2.44. The van der Waals surface area contributed by atoms with Crippen LogP contribution < -0.4 is 15.4 Å². The van der Waals surface area contributed by atoms with Crippen LogP contribution in [0, 0.1) is 0 Å². The molecule has 138 valence electrons. The van der Waals surface area contributed by atoms with Crippen molar-refractivity contribution in [1.82, 2.24) is 10.2 Å². The first-order valence-corrected chi connectivity index (χ1v) is 8.46. The van der Waals surface area contributed by atoms with Gasteiger partial charge in [0.25, 0.3) is 5.91 Å². The summed E-state index contributed by atoms with van der Waals surface area (Å²) >= 11 is 11.9. The number of nitrogens with zero attached hydrogens (tertiary/aromatic N) is 1. The number of anilines is 1. The van der Waals surface area contributed by atoms with Crippen LogP contribution in [0.4, 0.5) is 10.5 Å². The van der Waals surface area contributed by atoms with E-state index in [1.165, 1.54) is 12.0 Å². The van der Waals surface area contributed by atoms with Gasteiger partial charge in [-0.2, -0.15) is 0 Å². The Kier molecular flexibility index (Phi) is 6.71. The van der Waals surface area contributed by atoms with Gasteiger partial charge in [0.05, 0.1) is 12.8 Å². The van der Waals surface area contributed by atoms with E-state index in [1.54, 1.807) is 50.5 Å². The van der Waals surface area contributed by atoms with Crippen LogP contribution in [0.5, 0.6) is 5.75 Å². The van der Waals surface area contributed by atoms with Gasteiger partial charge in [0, 0.05) is 36.2 Å². The van der Waals surface area contributed by atoms with E-state index < -0.39 is 6.03 Å². The molecule has 0 saturated carbocycles. The average Bonchev–Trinajstić information content (AvgIpc) is 2.60. The summed E-state index contributed by atoms with van der Waals surface area (Å²) in [4.78, 5) is 25.7. The number of carbonyl (C=O) groups is 2. The Balaban J connectivity index is 2.09. The molecule has 0 aromatic heterocycles. The number of halogens is 2. The van der Waals surface area contributed by atoms with Gasteiger partial charge >= 0.3 is 6.03 Å². The third-order valence-electron chi connectivity index (χ3n) is 3.56. The summed E-state index contributed by atoms with van der Waals surface area (Å²) in [6.07, 6.45) is 0. The SMILES string of the molecule is COc1ccc(C(=O)N(C)C)cc1NC(=O)NCc1ccc(Cl)cc1Cl. The van der Waals surface area contributed by atoms with E-state index in [-0.39, 0.29) is 12.5 Å². The molecule has 0 heterocycles. The van der Waals surface area contributed by atoms with Crippen molar-refractivity contribution in [3.05, 3.63) is 57.6 Å². The second-order valence-electron chi connectivity index (χ2n) is 5.66. The lowest BCUT2D eigenvalue weighted by Crippen LogP contribution is -2.28. The maximum atomic E-state index is 12.2. The van der Waals surface area contributed by atoms with Gasteiger partial charge in [-0.25, -0.2) is 4.79 Å². The van der Waals surface area contributed by atoms with E-state index in [1.807, 2.05) is 0 Å². The van der Waals surface area contributed by atoms with Crippen molar-refractivity contribution in [1.29, 1.82) is 0 Å². The minimum absolute atomic E-state index is 0.177. The fraction of sp³-hybridized carbons (Fsp3) is 0.222. The molecule has 0 saturated heterocycles. The first-order valence-electron chi connectivity index (χ1n) is 7.70. The fourth-order valence-electron chi connectivity index (χ4n) is 2.20. The van der Waals surface area contributed by atoms with Gasteiger partial charge < -0.3 is 20.3 Å². The van der Waals surface area contributed by atoms with Crippen molar-refractivity contribution in [2.45, 2.75) is 6.54 Å². The van der Waals surface area contributed by atoms with Crippen LogP contribution >= 0.6 is 23.2 Å². The van der Waals surface area contributed by atoms with Gasteiger partial charge in [-0.05, 0) is 35.9 Å². The predicted octanol–water partition coefficient (Wildman–Crippen LogP) is 4.03. The zero-order chi connectivity index (χ0) is 19.3. The maximum Gasteiger partial charge on any atom is 0.319 e.